The maximum Gasteiger partial charge on any atom is 0.0610 e. The van der Waals surface area contributed by atoms with Gasteiger partial charge in [-0.2, -0.15) is 0 Å². The fourth-order valence-electron chi connectivity index (χ4n) is 3.53. The molecule has 1 N–H and O–H groups in total. The molecule has 1 aromatic rings. The van der Waals surface area contributed by atoms with E-state index in [4.69, 9.17) is 4.74 Å². The minimum Gasteiger partial charge on any atom is -0.378 e. The molecule has 2 aliphatic heterocycles. The normalized spacial score (nSPS) is 32.6. The van der Waals surface area contributed by atoms with Crippen molar-refractivity contribution in [3.8, 4) is 0 Å². The molecule has 0 amide bonds. The molecule has 2 heteroatoms. The molecule has 98 valence electrons. The highest BCUT2D eigenvalue weighted by molar-refractivity contribution is 5.27. The highest BCUT2D eigenvalue weighted by Crippen LogP contribution is 2.36. The second-order valence-corrected chi connectivity index (χ2v) is 5.73. The van der Waals surface area contributed by atoms with Gasteiger partial charge in [-0.3, -0.25) is 0 Å². The molecule has 0 aliphatic carbocycles. The molecule has 18 heavy (non-hydrogen) atoms. The largest absolute Gasteiger partial charge is 0.378 e. The molecule has 0 bridgehead atoms. The van der Waals surface area contributed by atoms with Crippen LogP contribution in [0.3, 0.4) is 0 Å². The van der Waals surface area contributed by atoms with Crippen LogP contribution in [0.4, 0.5) is 0 Å². The molecule has 2 fully saturated rings. The first-order valence-electron chi connectivity index (χ1n) is 7.23. The average Bonchev–Trinajstić information content (AvgIpc) is 2.92. The van der Waals surface area contributed by atoms with E-state index in [9.17, 15) is 0 Å². The third-order valence-corrected chi connectivity index (χ3v) is 4.45. The Labute approximate surface area is 110 Å². The Morgan fingerprint density at radius 2 is 2.22 bits per heavy atom. The SMILES string of the molecule is Cc1cccc(C2CNCCC2C2CCCO2)c1. The minimum atomic E-state index is 0.498. The highest BCUT2D eigenvalue weighted by atomic mass is 16.5. The van der Waals surface area contributed by atoms with Gasteiger partial charge in [0.05, 0.1) is 6.10 Å². The predicted octanol–water partition coefficient (Wildman–Crippen LogP) is 2.87. The van der Waals surface area contributed by atoms with Crippen molar-refractivity contribution in [2.45, 2.75) is 38.2 Å². The van der Waals surface area contributed by atoms with Crippen LogP contribution in [0.2, 0.25) is 0 Å². The standard InChI is InChI=1S/C16H23NO/c1-12-4-2-5-13(10-12)15-11-17-8-7-14(15)16-6-3-9-18-16/h2,4-5,10,14-17H,3,6-9,11H2,1H3. The summed E-state index contributed by atoms with van der Waals surface area (Å²) >= 11 is 0. The average molecular weight is 245 g/mol. The second kappa shape index (κ2) is 5.41. The van der Waals surface area contributed by atoms with Crippen LogP contribution in [0.5, 0.6) is 0 Å². The molecule has 3 unspecified atom stereocenters. The van der Waals surface area contributed by atoms with Gasteiger partial charge < -0.3 is 10.1 Å². The number of rotatable bonds is 2. The lowest BCUT2D eigenvalue weighted by atomic mass is 9.77. The van der Waals surface area contributed by atoms with Crippen molar-refractivity contribution in [3.05, 3.63) is 35.4 Å². The number of hydrogen-bond donors (Lipinski definition) is 1. The van der Waals surface area contributed by atoms with Crippen molar-refractivity contribution in [1.29, 1.82) is 0 Å². The number of ether oxygens (including phenoxy) is 1. The van der Waals surface area contributed by atoms with E-state index in [2.05, 4.69) is 36.5 Å². The molecule has 0 radical (unpaired) electrons. The molecule has 0 saturated carbocycles. The lowest BCUT2D eigenvalue weighted by Crippen LogP contribution is -2.40. The van der Waals surface area contributed by atoms with Crippen LogP contribution in [0, 0.1) is 12.8 Å². The Kier molecular flexibility index (Phi) is 3.67. The van der Waals surface area contributed by atoms with Gasteiger partial charge in [0, 0.05) is 19.1 Å². The molecule has 3 rings (SSSR count). The molecule has 0 spiro atoms. The first kappa shape index (κ1) is 12.2. The summed E-state index contributed by atoms with van der Waals surface area (Å²) in [7, 11) is 0. The van der Waals surface area contributed by atoms with Crippen molar-refractivity contribution in [3.63, 3.8) is 0 Å². The Balaban J connectivity index is 1.82. The van der Waals surface area contributed by atoms with Gasteiger partial charge in [-0.1, -0.05) is 29.8 Å². The van der Waals surface area contributed by atoms with E-state index in [0.717, 1.165) is 19.7 Å². The van der Waals surface area contributed by atoms with Gasteiger partial charge in [-0.05, 0) is 44.2 Å². The van der Waals surface area contributed by atoms with Crippen LogP contribution in [-0.4, -0.2) is 25.8 Å². The van der Waals surface area contributed by atoms with E-state index < -0.39 is 0 Å². The molecule has 1 aromatic carbocycles. The highest BCUT2D eigenvalue weighted by Gasteiger charge is 2.34. The van der Waals surface area contributed by atoms with E-state index >= 15 is 0 Å². The van der Waals surface area contributed by atoms with Gasteiger partial charge in [-0.15, -0.1) is 0 Å². The van der Waals surface area contributed by atoms with E-state index in [-0.39, 0.29) is 0 Å². The number of piperidine rings is 1. The van der Waals surface area contributed by atoms with Crippen LogP contribution in [0.15, 0.2) is 24.3 Å². The van der Waals surface area contributed by atoms with Crippen molar-refractivity contribution in [2.75, 3.05) is 19.7 Å². The van der Waals surface area contributed by atoms with Crippen LogP contribution in [0.25, 0.3) is 0 Å². The Bertz CT molecular complexity index is 398. The van der Waals surface area contributed by atoms with E-state index in [1.54, 1.807) is 0 Å². The van der Waals surface area contributed by atoms with Crippen molar-refractivity contribution < 1.29 is 4.74 Å². The van der Waals surface area contributed by atoms with E-state index in [1.165, 1.54) is 30.4 Å². The second-order valence-electron chi connectivity index (χ2n) is 5.73. The molecule has 3 atom stereocenters. The number of hydrogen-bond acceptors (Lipinski definition) is 2. The molecule has 2 nitrogen and oxygen atoms in total. The summed E-state index contributed by atoms with van der Waals surface area (Å²) in [6, 6.07) is 9.00. The maximum absolute atomic E-state index is 5.95. The first-order chi connectivity index (χ1) is 8.84. The van der Waals surface area contributed by atoms with Crippen LogP contribution >= 0.6 is 0 Å². The van der Waals surface area contributed by atoms with Gasteiger partial charge in [0.15, 0.2) is 0 Å². The fourth-order valence-corrected chi connectivity index (χ4v) is 3.53. The Morgan fingerprint density at radius 1 is 1.28 bits per heavy atom. The smallest absolute Gasteiger partial charge is 0.0610 e. The topological polar surface area (TPSA) is 21.3 Å². The summed E-state index contributed by atoms with van der Waals surface area (Å²) < 4.78 is 5.95. The van der Waals surface area contributed by atoms with Gasteiger partial charge in [-0.25, -0.2) is 0 Å². The molecular weight excluding hydrogens is 222 g/mol. The Morgan fingerprint density at radius 3 is 3.00 bits per heavy atom. The lowest BCUT2D eigenvalue weighted by Gasteiger charge is -2.36. The summed E-state index contributed by atoms with van der Waals surface area (Å²) in [5.74, 6) is 1.33. The third-order valence-electron chi connectivity index (χ3n) is 4.45. The lowest BCUT2D eigenvalue weighted by molar-refractivity contribution is 0.0411. The molecule has 0 aromatic heterocycles. The Hall–Kier alpha value is -0.860. The van der Waals surface area contributed by atoms with Crippen LogP contribution < -0.4 is 5.32 Å². The maximum atomic E-state index is 5.95. The quantitative estimate of drug-likeness (QED) is 0.865. The number of benzene rings is 1. The van der Waals surface area contributed by atoms with Crippen LogP contribution in [0.1, 0.15) is 36.3 Å². The van der Waals surface area contributed by atoms with Crippen molar-refractivity contribution in [1.82, 2.24) is 5.32 Å². The monoisotopic (exact) mass is 245 g/mol. The molecule has 2 saturated heterocycles. The van der Waals surface area contributed by atoms with Gasteiger partial charge in [0.2, 0.25) is 0 Å². The zero-order chi connectivity index (χ0) is 12.4. The molecule has 2 heterocycles. The third kappa shape index (κ3) is 2.45. The summed E-state index contributed by atoms with van der Waals surface area (Å²) in [6.07, 6.45) is 4.25. The fraction of sp³-hybridized carbons (Fsp3) is 0.625. The van der Waals surface area contributed by atoms with Gasteiger partial charge >= 0.3 is 0 Å². The van der Waals surface area contributed by atoms with Crippen molar-refractivity contribution in [2.24, 2.45) is 5.92 Å². The summed E-state index contributed by atoms with van der Waals surface area (Å²) in [6.45, 7) is 5.40. The van der Waals surface area contributed by atoms with Gasteiger partial charge in [0.25, 0.3) is 0 Å². The minimum absolute atomic E-state index is 0.498. The first-order valence-corrected chi connectivity index (χ1v) is 7.23. The zero-order valence-electron chi connectivity index (χ0n) is 11.2. The molecule has 2 aliphatic rings. The van der Waals surface area contributed by atoms with Crippen LogP contribution in [-0.2, 0) is 4.74 Å². The molecular formula is C16H23NO. The zero-order valence-corrected chi connectivity index (χ0v) is 11.2. The summed E-state index contributed by atoms with van der Waals surface area (Å²) in [4.78, 5) is 0. The summed E-state index contributed by atoms with van der Waals surface area (Å²) in [5, 5.41) is 3.55. The predicted molar refractivity (Wildman–Crippen MR) is 73.9 cm³/mol. The van der Waals surface area contributed by atoms with Gasteiger partial charge in [0.1, 0.15) is 0 Å². The number of aryl methyl sites for hydroxylation is 1. The van der Waals surface area contributed by atoms with E-state index in [1.807, 2.05) is 0 Å². The summed E-state index contributed by atoms with van der Waals surface area (Å²) in [5.41, 5.74) is 2.85. The number of nitrogens with one attached hydrogen (secondary N) is 1. The van der Waals surface area contributed by atoms with E-state index in [0.29, 0.717) is 17.9 Å². The van der Waals surface area contributed by atoms with Crippen molar-refractivity contribution >= 4 is 0 Å².